The molecule has 0 aliphatic carbocycles. The molecule has 1 aromatic rings. The van der Waals surface area contributed by atoms with Crippen molar-refractivity contribution in [1.29, 1.82) is 0 Å². The molecule has 2 atom stereocenters. The van der Waals surface area contributed by atoms with Crippen molar-refractivity contribution in [2.24, 2.45) is 0 Å². The summed E-state index contributed by atoms with van der Waals surface area (Å²) in [6.07, 6.45) is 1.43. The van der Waals surface area contributed by atoms with Crippen molar-refractivity contribution in [2.45, 2.75) is 36.2 Å². The molecule has 0 spiro atoms. The summed E-state index contributed by atoms with van der Waals surface area (Å²) < 4.78 is 49.7. The maximum Gasteiger partial charge on any atom is 0.243 e. The molecule has 3 rings (SSSR count). The van der Waals surface area contributed by atoms with Gasteiger partial charge in [-0.25, -0.2) is 16.8 Å². The van der Waals surface area contributed by atoms with E-state index in [9.17, 15) is 21.6 Å². The highest BCUT2D eigenvalue weighted by Gasteiger charge is 2.40. The van der Waals surface area contributed by atoms with Crippen LogP contribution in [0.25, 0.3) is 0 Å². The molecule has 0 saturated carbocycles. The van der Waals surface area contributed by atoms with E-state index in [0.29, 0.717) is 19.3 Å². The van der Waals surface area contributed by atoms with E-state index in [1.165, 1.54) is 16.4 Å². The minimum atomic E-state index is -3.74. The van der Waals surface area contributed by atoms with E-state index < -0.39 is 37.9 Å². The van der Waals surface area contributed by atoms with Crippen LogP contribution in [0.15, 0.2) is 35.2 Å². The largest absolute Gasteiger partial charge is 0.351 e. The third-order valence-electron chi connectivity index (χ3n) is 4.43. The van der Waals surface area contributed by atoms with Crippen molar-refractivity contribution in [3.63, 3.8) is 0 Å². The van der Waals surface area contributed by atoms with E-state index in [-0.39, 0.29) is 22.9 Å². The Morgan fingerprint density at radius 3 is 2.50 bits per heavy atom. The molecule has 24 heavy (non-hydrogen) atoms. The zero-order valence-electron chi connectivity index (χ0n) is 13.1. The van der Waals surface area contributed by atoms with Crippen LogP contribution in [-0.2, 0) is 24.7 Å². The fourth-order valence-electron chi connectivity index (χ4n) is 3.22. The van der Waals surface area contributed by atoms with Gasteiger partial charge in [-0.3, -0.25) is 4.79 Å². The van der Waals surface area contributed by atoms with Gasteiger partial charge in [0.1, 0.15) is 6.04 Å². The van der Waals surface area contributed by atoms with Gasteiger partial charge in [0, 0.05) is 12.6 Å². The van der Waals surface area contributed by atoms with E-state index in [1.54, 1.807) is 18.2 Å². The Hall–Kier alpha value is -1.45. The molecule has 2 aliphatic heterocycles. The molecule has 1 aromatic carbocycles. The van der Waals surface area contributed by atoms with Crippen molar-refractivity contribution in [2.75, 3.05) is 18.1 Å². The van der Waals surface area contributed by atoms with Gasteiger partial charge in [0.15, 0.2) is 9.84 Å². The van der Waals surface area contributed by atoms with Crippen LogP contribution >= 0.6 is 0 Å². The first kappa shape index (κ1) is 17.4. The van der Waals surface area contributed by atoms with Gasteiger partial charge in [0.25, 0.3) is 0 Å². The second-order valence-corrected chi connectivity index (χ2v) is 10.3. The van der Waals surface area contributed by atoms with E-state index >= 15 is 0 Å². The molecule has 2 aliphatic rings. The van der Waals surface area contributed by atoms with Crippen molar-refractivity contribution >= 4 is 25.8 Å². The van der Waals surface area contributed by atoms with Crippen LogP contribution in [-0.4, -0.2) is 57.2 Å². The second kappa shape index (κ2) is 6.45. The summed E-state index contributed by atoms with van der Waals surface area (Å²) in [6, 6.07) is 6.82. The fraction of sp³-hybridized carbons (Fsp3) is 0.533. The summed E-state index contributed by atoms with van der Waals surface area (Å²) in [4.78, 5) is 12.6. The lowest BCUT2D eigenvalue weighted by Crippen LogP contribution is -2.49. The number of amides is 1. The van der Waals surface area contributed by atoms with Crippen LogP contribution in [0.2, 0.25) is 0 Å². The number of carbonyl (C=O) groups excluding carboxylic acids is 1. The average molecular weight is 372 g/mol. The number of benzene rings is 1. The number of nitrogens with zero attached hydrogens (tertiary/aromatic N) is 1. The monoisotopic (exact) mass is 372 g/mol. The van der Waals surface area contributed by atoms with Gasteiger partial charge in [-0.2, -0.15) is 4.31 Å². The Morgan fingerprint density at radius 2 is 1.88 bits per heavy atom. The standard InChI is InChI=1S/C15H20N2O5S2/c18-15(16-12-8-10-23(19,20)11-12)14-7-4-9-17(14)24(21,22)13-5-2-1-3-6-13/h1-3,5-6,12,14H,4,7-11H2,(H,16,18)/t12-,14+/m0/s1. The Bertz CT molecular complexity index is 821. The zero-order valence-corrected chi connectivity index (χ0v) is 14.7. The Labute approximate surface area is 142 Å². The maximum atomic E-state index is 12.7. The lowest BCUT2D eigenvalue weighted by atomic mass is 10.2. The molecule has 2 fully saturated rings. The summed E-state index contributed by atoms with van der Waals surface area (Å²) in [6.45, 7) is 0.290. The molecule has 7 nitrogen and oxygen atoms in total. The molecule has 2 heterocycles. The first-order chi connectivity index (χ1) is 11.3. The molecular weight excluding hydrogens is 352 g/mol. The van der Waals surface area contributed by atoms with Gasteiger partial charge in [-0.1, -0.05) is 18.2 Å². The quantitative estimate of drug-likeness (QED) is 0.810. The first-order valence-electron chi connectivity index (χ1n) is 7.87. The Balaban J connectivity index is 1.75. The van der Waals surface area contributed by atoms with Crippen LogP contribution in [0.3, 0.4) is 0 Å². The van der Waals surface area contributed by atoms with E-state index in [0.717, 1.165) is 0 Å². The third-order valence-corrected chi connectivity index (χ3v) is 8.13. The minimum absolute atomic E-state index is 0.0641. The molecule has 0 aromatic heterocycles. The molecule has 132 valence electrons. The Morgan fingerprint density at radius 1 is 1.17 bits per heavy atom. The lowest BCUT2D eigenvalue weighted by Gasteiger charge is -2.24. The topological polar surface area (TPSA) is 101 Å². The molecular formula is C15H20N2O5S2. The van der Waals surface area contributed by atoms with Crippen molar-refractivity contribution < 1.29 is 21.6 Å². The predicted molar refractivity (Wildman–Crippen MR) is 88.6 cm³/mol. The summed E-state index contributed by atoms with van der Waals surface area (Å²) in [7, 11) is -6.83. The van der Waals surface area contributed by atoms with E-state index in [2.05, 4.69) is 5.32 Å². The summed E-state index contributed by atoms with van der Waals surface area (Å²) >= 11 is 0. The summed E-state index contributed by atoms with van der Waals surface area (Å²) in [5.41, 5.74) is 0. The molecule has 2 saturated heterocycles. The van der Waals surface area contributed by atoms with Crippen LogP contribution in [0.5, 0.6) is 0 Å². The normalized spacial score (nSPS) is 27.2. The molecule has 1 N–H and O–H groups in total. The van der Waals surface area contributed by atoms with Crippen molar-refractivity contribution in [1.82, 2.24) is 9.62 Å². The highest BCUT2D eigenvalue weighted by Crippen LogP contribution is 2.26. The van der Waals surface area contributed by atoms with Crippen LogP contribution in [0.4, 0.5) is 0 Å². The molecule has 9 heteroatoms. The number of sulfone groups is 1. The average Bonchev–Trinajstić information content (AvgIpc) is 3.15. The summed E-state index contributed by atoms with van der Waals surface area (Å²) in [5.74, 6) is -0.417. The fourth-order valence-corrected chi connectivity index (χ4v) is 6.57. The second-order valence-electron chi connectivity index (χ2n) is 6.20. The predicted octanol–water partition coefficient (Wildman–Crippen LogP) is 0.143. The summed E-state index contributed by atoms with van der Waals surface area (Å²) in [5, 5.41) is 2.71. The van der Waals surface area contributed by atoms with Gasteiger partial charge >= 0.3 is 0 Å². The number of hydrogen-bond acceptors (Lipinski definition) is 5. The van der Waals surface area contributed by atoms with Gasteiger partial charge in [-0.15, -0.1) is 0 Å². The maximum absolute atomic E-state index is 12.7. The minimum Gasteiger partial charge on any atom is -0.351 e. The van der Waals surface area contributed by atoms with Crippen LogP contribution < -0.4 is 5.32 Å². The number of nitrogens with one attached hydrogen (secondary N) is 1. The van der Waals surface area contributed by atoms with Gasteiger partial charge < -0.3 is 5.32 Å². The van der Waals surface area contributed by atoms with E-state index in [4.69, 9.17) is 0 Å². The molecule has 0 radical (unpaired) electrons. The highest BCUT2D eigenvalue weighted by molar-refractivity contribution is 7.91. The molecule has 0 unspecified atom stereocenters. The van der Waals surface area contributed by atoms with Gasteiger partial charge in [-0.05, 0) is 31.4 Å². The molecule has 1 amide bonds. The van der Waals surface area contributed by atoms with Gasteiger partial charge in [0.2, 0.25) is 15.9 Å². The van der Waals surface area contributed by atoms with Crippen molar-refractivity contribution in [3.8, 4) is 0 Å². The van der Waals surface area contributed by atoms with Gasteiger partial charge in [0.05, 0.1) is 16.4 Å². The Kier molecular flexibility index (Phi) is 4.67. The highest BCUT2D eigenvalue weighted by atomic mass is 32.2. The van der Waals surface area contributed by atoms with Crippen molar-refractivity contribution in [3.05, 3.63) is 30.3 Å². The smallest absolute Gasteiger partial charge is 0.243 e. The number of rotatable bonds is 4. The SMILES string of the molecule is O=C(N[C@H]1CCS(=O)(=O)C1)[C@H]1CCCN1S(=O)(=O)c1ccccc1. The number of carbonyl (C=O) groups is 1. The first-order valence-corrected chi connectivity index (χ1v) is 11.1. The van der Waals surface area contributed by atoms with Crippen LogP contribution in [0, 0.1) is 0 Å². The molecule has 0 bridgehead atoms. The lowest BCUT2D eigenvalue weighted by molar-refractivity contribution is -0.124. The van der Waals surface area contributed by atoms with Crippen LogP contribution in [0.1, 0.15) is 19.3 Å². The number of hydrogen-bond donors (Lipinski definition) is 1. The number of sulfonamides is 1. The zero-order chi connectivity index (χ0) is 17.4. The van der Waals surface area contributed by atoms with E-state index in [1.807, 2.05) is 0 Å². The third kappa shape index (κ3) is 3.47.